The molecular weight excluding hydrogens is 357 g/mol. The van der Waals surface area contributed by atoms with Gasteiger partial charge in [-0.05, 0) is 12.1 Å². The summed E-state index contributed by atoms with van der Waals surface area (Å²) in [5.74, 6) is 0.347. The van der Waals surface area contributed by atoms with Gasteiger partial charge in [-0.25, -0.2) is 9.67 Å². The lowest BCUT2D eigenvalue weighted by atomic mass is 10.2. The van der Waals surface area contributed by atoms with Gasteiger partial charge in [-0.15, -0.1) is 24.8 Å². The molecule has 0 aliphatic carbocycles. The number of anilines is 1. The van der Waals surface area contributed by atoms with Crippen LogP contribution in [-0.2, 0) is 16.1 Å². The zero-order valence-corrected chi connectivity index (χ0v) is 14.8. The van der Waals surface area contributed by atoms with Crippen molar-refractivity contribution in [2.24, 2.45) is 5.73 Å². The Morgan fingerprint density at radius 1 is 1.42 bits per heavy atom. The molecule has 2 aromatic rings. The molecular formula is C14H21Cl2N5O3. The Morgan fingerprint density at radius 2 is 2.21 bits per heavy atom. The van der Waals surface area contributed by atoms with Gasteiger partial charge in [-0.1, -0.05) is 6.07 Å². The second-order valence-electron chi connectivity index (χ2n) is 4.59. The van der Waals surface area contributed by atoms with Gasteiger partial charge in [-0.2, -0.15) is 5.10 Å². The zero-order chi connectivity index (χ0) is 15.8. The van der Waals surface area contributed by atoms with Crippen LogP contribution in [0.3, 0.4) is 0 Å². The summed E-state index contributed by atoms with van der Waals surface area (Å²) in [5, 5.41) is 6.70. The molecule has 0 saturated carbocycles. The second kappa shape index (κ2) is 11.6. The minimum absolute atomic E-state index is 0. The highest BCUT2D eigenvalue weighted by molar-refractivity contribution is 5.94. The van der Waals surface area contributed by atoms with E-state index < -0.39 is 6.04 Å². The zero-order valence-electron chi connectivity index (χ0n) is 13.1. The predicted molar refractivity (Wildman–Crippen MR) is 94.9 cm³/mol. The molecule has 1 atom stereocenters. The van der Waals surface area contributed by atoms with E-state index in [0.29, 0.717) is 24.6 Å². The number of aromatic nitrogens is 3. The highest BCUT2D eigenvalue weighted by atomic mass is 35.5. The topological polar surface area (TPSA) is 104 Å². The first-order valence-electron chi connectivity index (χ1n) is 6.79. The molecule has 1 amide bonds. The maximum absolute atomic E-state index is 11.8. The molecule has 134 valence electrons. The molecule has 8 nitrogen and oxygen atoms in total. The second-order valence-corrected chi connectivity index (χ2v) is 4.59. The molecule has 0 aliphatic heterocycles. The van der Waals surface area contributed by atoms with Crippen molar-refractivity contribution in [1.82, 2.24) is 14.8 Å². The van der Waals surface area contributed by atoms with Gasteiger partial charge in [0.25, 0.3) is 0 Å². The van der Waals surface area contributed by atoms with Crippen LogP contribution in [0, 0.1) is 0 Å². The van der Waals surface area contributed by atoms with Crippen LogP contribution in [0.25, 0.3) is 0 Å². The first kappa shape index (κ1) is 22.1. The van der Waals surface area contributed by atoms with E-state index in [1.165, 1.54) is 13.4 Å². The van der Waals surface area contributed by atoms with E-state index in [2.05, 4.69) is 15.4 Å². The van der Waals surface area contributed by atoms with Crippen LogP contribution in [-0.4, -0.2) is 47.0 Å². The summed E-state index contributed by atoms with van der Waals surface area (Å²) < 4.78 is 12.1. The van der Waals surface area contributed by atoms with Crippen molar-refractivity contribution >= 4 is 36.4 Å². The fourth-order valence-corrected chi connectivity index (χ4v) is 1.76. The number of nitrogens with zero attached hydrogens (tertiary/aromatic N) is 3. The van der Waals surface area contributed by atoms with Crippen molar-refractivity contribution < 1.29 is 14.3 Å². The van der Waals surface area contributed by atoms with Crippen LogP contribution in [0.5, 0.6) is 5.75 Å². The Bertz CT molecular complexity index is 598. The maximum Gasteiger partial charge on any atom is 0.243 e. The Kier molecular flexibility index (Phi) is 10.7. The molecule has 2 rings (SSSR count). The van der Waals surface area contributed by atoms with Crippen molar-refractivity contribution in [3.63, 3.8) is 0 Å². The lowest BCUT2D eigenvalue weighted by Crippen LogP contribution is -2.39. The SMILES string of the molecule is COCC(N)C(=O)Nc1cccc(OCCn2cncn2)c1.Cl.Cl. The molecule has 24 heavy (non-hydrogen) atoms. The number of hydrogen-bond acceptors (Lipinski definition) is 6. The van der Waals surface area contributed by atoms with E-state index in [0.717, 1.165) is 0 Å². The molecule has 0 spiro atoms. The van der Waals surface area contributed by atoms with Crippen LogP contribution in [0.2, 0.25) is 0 Å². The van der Waals surface area contributed by atoms with E-state index in [4.69, 9.17) is 15.2 Å². The largest absolute Gasteiger partial charge is 0.492 e. The molecule has 10 heteroatoms. The third-order valence-electron chi connectivity index (χ3n) is 2.84. The number of rotatable bonds is 8. The van der Waals surface area contributed by atoms with Crippen molar-refractivity contribution in [2.45, 2.75) is 12.6 Å². The molecule has 1 aromatic heterocycles. The molecule has 0 saturated heterocycles. The molecule has 0 bridgehead atoms. The van der Waals surface area contributed by atoms with Crippen LogP contribution in [0.4, 0.5) is 5.69 Å². The lowest BCUT2D eigenvalue weighted by molar-refractivity contribution is -0.118. The minimum Gasteiger partial charge on any atom is -0.492 e. The quantitative estimate of drug-likeness (QED) is 0.713. The van der Waals surface area contributed by atoms with Crippen LogP contribution >= 0.6 is 24.8 Å². The average molecular weight is 378 g/mol. The average Bonchev–Trinajstić information content (AvgIpc) is 3.01. The van der Waals surface area contributed by atoms with E-state index >= 15 is 0 Å². The van der Waals surface area contributed by atoms with Crippen molar-refractivity contribution in [1.29, 1.82) is 0 Å². The van der Waals surface area contributed by atoms with Crippen molar-refractivity contribution in [3.05, 3.63) is 36.9 Å². The Hall–Kier alpha value is -1.87. The molecule has 0 aliphatic rings. The Morgan fingerprint density at radius 3 is 2.88 bits per heavy atom. The summed E-state index contributed by atoms with van der Waals surface area (Å²) in [6.45, 7) is 1.21. The fraction of sp³-hybridized carbons (Fsp3) is 0.357. The maximum atomic E-state index is 11.8. The molecule has 3 N–H and O–H groups in total. The summed E-state index contributed by atoms with van der Waals surface area (Å²) in [5.41, 5.74) is 6.28. The van der Waals surface area contributed by atoms with E-state index in [-0.39, 0.29) is 37.3 Å². The van der Waals surface area contributed by atoms with Crippen molar-refractivity contribution in [2.75, 3.05) is 25.6 Å². The number of nitrogens with one attached hydrogen (secondary N) is 1. The highest BCUT2D eigenvalue weighted by Gasteiger charge is 2.13. The van der Waals surface area contributed by atoms with Crippen molar-refractivity contribution in [3.8, 4) is 5.75 Å². The smallest absolute Gasteiger partial charge is 0.243 e. The van der Waals surface area contributed by atoms with E-state index in [9.17, 15) is 4.79 Å². The number of benzene rings is 1. The molecule has 0 radical (unpaired) electrons. The minimum atomic E-state index is -0.707. The first-order valence-corrected chi connectivity index (χ1v) is 6.79. The van der Waals surface area contributed by atoms with Gasteiger partial charge in [-0.3, -0.25) is 4.79 Å². The highest BCUT2D eigenvalue weighted by Crippen LogP contribution is 2.17. The van der Waals surface area contributed by atoms with Gasteiger partial charge in [0.05, 0.1) is 13.2 Å². The summed E-state index contributed by atoms with van der Waals surface area (Å²) in [7, 11) is 1.50. The summed E-state index contributed by atoms with van der Waals surface area (Å²) in [6.07, 6.45) is 3.09. The summed E-state index contributed by atoms with van der Waals surface area (Å²) in [6, 6.07) is 6.40. The number of ether oxygens (including phenoxy) is 2. The Balaban J connectivity index is 0.00000264. The first-order chi connectivity index (χ1) is 10.7. The van der Waals surface area contributed by atoms with Gasteiger partial charge in [0, 0.05) is 18.9 Å². The number of halogens is 2. The van der Waals surface area contributed by atoms with Gasteiger partial charge in [0.2, 0.25) is 5.91 Å². The molecule has 1 heterocycles. The van der Waals surface area contributed by atoms with Crippen LogP contribution in [0.1, 0.15) is 0 Å². The number of nitrogens with two attached hydrogens (primary N) is 1. The number of hydrogen-bond donors (Lipinski definition) is 2. The number of amides is 1. The Labute approximate surface area is 152 Å². The standard InChI is InChI=1S/C14H19N5O3.2ClH/c1-21-8-13(15)14(20)18-11-3-2-4-12(7-11)22-6-5-19-10-16-9-17-19;;/h2-4,7,9-10,13H,5-6,8,15H2,1H3,(H,18,20);2*1H. The third-order valence-corrected chi connectivity index (χ3v) is 2.84. The molecule has 0 fully saturated rings. The number of carbonyl (C=O) groups excluding carboxylic acids is 1. The van der Waals surface area contributed by atoms with Gasteiger partial charge in [0.15, 0.2) is 0 Å². The van der Waals surface area contributed by atoms with Gasteiger partial charge in [0.1, 0.15) is 31.1 Å². The van der Waals surface area contributed by atoms with E-state index in [1.807, 2.05) is 6.07 Å². The predicted octanol–water partition coefficient (Wildman–Crippen LogP) is 1.11. The van der Waals surface area contributed by atoms with Gasteiger partial charge >= 0.3 is 0 Å². The number of carbonyl (C=O) groups is 1. The monoisotopic (exact) mass is 377 g/mol. The van der Waals surface area contributed by atoms with E-state index in [1.54, 1.807) is 29.2 Å². The summed E-state index contributed by atoms with van der Waals surface area (Å²) in [4.78, 5) is 15.7. The molecule has 1 aromatic carbocycles. The normalized spacial score (nSPS) is 10.9. The summed E-state index contributed by atoms with van der Waals surface area (Å²) >= 11 is 0. The lowest BCUT2D eigenvalue weighted by Gasteiger charge is -2.12. The van der Waals surface area contributed by atoms with Crippen LogP contribution in [0.15, 0.2) is 36.9 Å². The number of methoxy groups -OCH3 is 1. The van der Waals surface area contributed by atoms with Gasteiger partial charge < -0.3 is 20.5 Å². The molecule has 1 unspecified atom stereocenters. The fourth-order valence-electron chi connectivity index (χ4n) is 1.76. The van der Waals surface area contributed by atoms with Crippen LogP contribution < -0.4 is 15.8 Å². The third kappa shape index (κ3) is 7.14.